The molecule has 1 heterocycles. The molecule has 7 nitrogen and oxygen atoms in total. The summed E-state index contributed by atoms with van der Waals surface area (Å²) < 4.78 is 33.4. The van der Waals surface area contributed by atoms with Gasteiger partial charge in [0.25, 0.3) is 15.9 Å². The zero-order valence-electron chi connectivity index (χ0n) is 20.1. The van der Waals surface area contributed by atoms with Gasteiger partial charge in [-0.1, -0.05) is 43.1 Å². The van der Waals surface area contributed by atoms with Crippen LogP contribution in [-0.2, 0) is 32.4 Å². The van der Waals surface area contributed by atoms with E-state index in [1.54, 1.807) is 0 Å². The normalized spacial score (nSPS) is 16.2. The Bertz CT molecular complexity index is 1000. The first-order valence-corrected chi connectivity index (χ1v) is 13.1. The number of unbranched alkanes of at least 4 members (excludes halogenated alkanes) is 2. The number of benzene rings is 1. The van der Waals surface area contributed by atoms with E-state index in [-0.39, 0.29) is 22.6 Å². The third kappa shape index (κ3) is 7.61. The van der Waals surface area contributed by atoms with Crippen LogP contribution < -0.4 is 4.72 Å². The van der Waals surface area contributed by atoms with Crippen molar-refractivity contribution in [2.75, 3.05) is 6.61 Å². The van der Waals surface area contributed by atoms with Crippen LogP contribution in [0.5, 0.6) is 11.5 Å². The van der Waals surface area contributed by atoms with Gasteiger partial charge in [-0.3, -0.25) is 4.79 Å². The van der Waals surface area contributed by atoms with Crippen LogP contribution in [0, 0.1) is 0 Å². The van der Waals surface area contributed by atoms with Crippen molar-refractivity contribution in [2.45, 2.75) is 90.1 Å². The van der Waals surface area contributed by atoms with Gasteiger partial charge in [0.1, 0.15) is 22.5 Å². The number of ether oxygens (including phenoxy) is 1. The molecule has 1 fully saturated rings. The molecule has 0 aromatic heterocycles. The number of nitrogens with one attached hydrogen (secondary N) is 1. The fourth-order valence-electron chi connectivity index (χ4n) is 3.64. The molecule has 0 saturated carbocycles. The average molecular weight is 480 g/mol. The molecular weight excluding hydrogens is 442 g/mol. The number of phenols is 2. The molecule has 1 aliphatic heterocycles. The number of hydrogen-bond acceptors (Lipinski definition) is 6. The monoisotopic (exact) mass is 479 g/mol. The number of allylic oxidation sites excluding steroid dienone is 4. The Morgan fingerprint density at radius 3 is 2.48 bits per heavy atom. The van der Waals surface area contributed by atoms with Crippen molar-refractivity contribution < 1.29 is 28.2 Å². The summed E-state index contributed by atoms with van der Waals surface area (Å²) in [6, 6.07) is 1.40. The Hall–Kier alpha value is -2.32. The van der Waals surface area contributed by atoms with E-state index in [0.717, 1.165) is 31.3 Å². The van der Waals surface area contributed by atoms with Crippen LogP contribution in [-0.4, -0.2) is 37.2 Å². The average Bonchev–Trinajstić information content (AvgIpc) is 2.65. The van der Waals surface area contributed by atoms with Gasteiger partial charge in [0.2, 0.25) is 0 Å². The highest BCUT2D eigenvalue weighted by Crippen LogP contribution is 2.38. The maximum atomic E-state index is 13.1. The first-order valence-electron chi connectivity index (χ1n) is 11.6. The predicted molar refractivity (Wildman–Crippen MR) is 129 cm³/mol. The number of sulfonamides is 1. The maximum Gasteiger partial charge on any atom is 0.268 e. The summed E-state index contributed by atoms with van der Waals surface area (Å²) in [4.78, 5) is 11.9. The second-order valence-corrected chi connectivity index (χ2v) is 10.5. The fraction of sp³-hybridized carbons (Fsp3) is 0.560. The van der Waals surface area contributed by atoms with Gasteiger partial charge in [0.05, 0.1) is 6.61 Å². The molecule has 33 heavy (non-hydrogen) atoms. The van der Waals surface area contributed by atoms with Gasteiger partial charge in [-0.05, 0) is 64.5 Å². The van der Waals surface area contributed by atoms with E-state index in [0.29, 0.717) is 31.4 Å². The van der Waals surface area contributed by atoms with Crippen LogP contribution in [0.15, 0.2) is 34.3 Å². The van der Waals surface area contributed by atoms with E-state index in [2.05, 4.69) is 6.08 Å². The van der Waals surface area contributed by atoms with Gasteiger partial charge >= 0.3 is 0 Å². The molecule has 3 N–H and O–H groups in total. The minimum atomic E-state index is -4.35. The number of rotatable bonds is 12. The summed E-state index contributed by atoms with van der Waals surface area (Å²) in [5, 5.41) is 21.6. The summed E-state index contributed by atoms with van der Waals surface area (Å²) in [6.07, 6.45) is 8.41. The van der Waals surface area contributed by atoms with Crippen molar-refractivity contribution in [1.82, 2.24) is 4.72 Å². The molecule has 184 valence electrons. The van der Waals surface area contributed by atoms with E-state index < -0.39 is 27.8 Å². The van der Waals surface area contributed by atoms with E-state index in [1.807, 2.05) is 38.5 Å². The largest absolute Gasteiger partial charge is 0.508 e. The lowest BCUT2D eigenvalue weighted by atomic mass is 10.00. The topological polar surface area (TPSA) is 113 Å². The molecule has 1 aliphatic rings. The minimum absolute atomic E-state index is 0.128. The number of amides is 1. The lowest BCUT2D eigenvalue weighted by Crippen LogP contribution is -2.45. The lowest BCUT2D eigenvalue weighted by Gasteiger charge is -2.25. The summed E-state index contributed by atoms with van der Waals surface area (Å²) in [6.45, 7) is 8.47. The zero-order valence-corrected chi connectivity index (χ0v) is 20.9. The van der Waals surface area contributed by atoms with Crippen LogP contribution in [0.4, 0.5) is 0 Å². The molecule has 0 bridgehead atoms. The second-order valence-electron chi connectivity index (χ2n) is 8.86. The van der Waals surface area contributed by atoms with Gasteiger partial charge in [-0.25, -0.2) is 13.1 Å². The maximum absolute atomic E-state index is 13.1. The smallest absolute Gasteiger partial charge is 0.268 e. The summed E-state index contributed by atoms with van der Waals surface area (Å²) in [5.74, 6) is -1.41. The Kier molecular flexibility index (Phi) is 9.98. The quantitative estimate of drug-likeness (QED) is 0.297. The first-order chi connectivity index (χ1) is 15.6. The van der Waals surface area contributed by atoms with E-state index in [1.165, 1.54) is 11.6 Å². The Morgan fingerprint density at radius 2 is 1.91 bits per heavy atom. The number of phenolic OH excluding ortho intramolecular Hbond substituents is 2. The van der Waals surface area contributed by atoms with Crippen molar-refractivity contribution >= 4 is 15.9 Å². The van der Waals surface area contributed by atoms with E-state index >= 15 is 0 Å². The van der Waals surface area contributed by atoms with Crippen molar-refractivity contribution in [1.29, 1.82) is 0 Å². The number of aromatic hydroxyl groups is 2. The van der Waals surface area contributed by atoms with Crippen LogP contribution in [0.25, 0.3) is 0 Å². The van der Waals surface area contributed by atoms with Gasteiger partial charge < -0.3 is 14.9 Å². The third-order valence-electron chi connectivity index (χ3n) is 5.70. The molecule has 1 aromatic carbocycles. The van der Waals surface area contributed by atoms with Crippen molar-refractivity contribution in [2.24, 2.45) is 0 Å². The highest BCUT2D eigenvalue weighted by Gasteiger charge is 2.33. The molecule has 1 atom stereocenters. The molecule has 0 radical (unpaired) electrons. The van der Waals surface area contributed by atoms with Gasteiger partial charge in [-0.2, -0.15) is 0 Å². The fourth-order valence-corrected chi connectivity index (χ4v) is 5.02. The predicted octanol–water partition coefficient (Wildman–Crippen LogP) is 4.66. The van der Waals surface area contributed by atoms with Gasteiger partial charge in [0.15, 0.2) is 0 Å². The second kappa shape index (κ2) is 12.2. The standard InChI is InChI=1S/C25H37NO6S/c1-5-6-7-11-19-16-21(27)20(13-12-18(4)10-8-9-17(2)3)23(28)24(19)33(30,31)26-25(29)22-14-15-32-22/h9,12,16,22,27-28H,5-8,10-11,13-15H2,1-4H3,(H,26,29). The molecule has 1 aromatic rings. The highest BCUT2D eigenvalue weighted by molar-refractivity contribution is 7.90. The van der Waals surface area contributed by atoms with Gasteiger partial charge in [0, 0.05) is 12.0 Å². The van der Waals surface area contributed by atoms with Crippen LogP contribution in [0.1, 0.15) is 77.3 Å². The zero-order chi connectivity index (χ0) is 24.6. The van der Waals surface area contributed by atoms with Crippen LogP contribution >= 0.6 is 0 Å². The summed E-state index contributed by atoms with van der Waals surface area (Å²) in [7, 11) is -4.35. The Labute approximate surface area is 197 Å². The SMILES string of the molecule is CCCCCc1cc(O)c(CC=C(C)CCC=C(C)C)c(O)c1S(=O)(=O)NC(=O)C1CCO1. The van der Waals surface area contributed by atoms with Crippen molar-refractivity contribution in [3.63, 3.8) is 0 Å². The van der Waals surface area contributed by atoms with E-state index in [4.69, 9.17) is 4.74 Å². The molecule has 8 heteroatoms. The third-order valence-corrected chi connectivity index (χ3v) is 7.17. The van der Waals surface area contributed by atoms with Crippen LogP contribution in [0.3, 0.4) is 0 Å². The van der Waals surface area contributed by atoms with Crippen molar-refractivity contribution in [3.05, 3.63) is 40.5 Å². The molecule has 1 unspecified atom stereocenters. The number of carbonyl (C=O) groups is 1. The molecular formula is C25H37NO6S. The minimum Gasteiger partial charge on any atom is -0.508 e. The molecule has 1 saturated heterocycles. The highest BCUT2D eigenvalue weighted by atomic mass is 32.2. The Morgan fingerprint density at radius 1 is 1.21 bits per heavy atom. The molecule has 2 rings (SSSR count). The summed E-state index contributed by atoms with van der Waals surface area (Å²) >= 11 is 0. The number of aryl methyl sites for hydroxylation is 1. The molecule has 0 aliphatic carbocycles. The Balaban J connectivity index is 2.38. The lowest BCUT2D eigenvalue weighted by molar-refractivity contribution is -0.142. The first kappa shape index (κ1) is 26.9. The molecule has 0 spiro atoms. The number of hydrogen-bond donors (Lipinski definition) is 3. The summed E-state index contributed by atoms with van der Waals surface area (Å²) in [5.41, 5.74) is 2.73. The molecule has 1 amide bonds. The number of carbonyl (C=O) groups excluding carboxylic acids is 1. The van der Waals surface area contributed by atoms with Crippen LogP contribution in [0.2, 0.25) is 0 Å². The van der Waals surface area contributed by atoms with E-state index in [9.17, 15) is 23.4 Å². The van der Waals surface area contributed by atoms with Gasteiger partial charge in [-0.15, -0.1) is 0 Å². The van der Waals surface area contributed by atoms with Crippen molar-refractivity contribution in [3.8, 4) is 11.5 Å².